The van der Waals surface area contributed by atoms with Gasteiger partial charge >= 0.3 is 5.97 Å². The molecule has 0 N–H and O–H groups in total. The highest BCUT2D eigenvalue weighted by Gasteiger charge is 2.60. The van der Waals surface area contributed by atoms with Gasteiger partial charge < -0.3 is 4.74 Å². The summed E-state index contributed by atoms with van der Waals surface area (Å²) in [4.78, 5) is 23.5. The first-order valence-electron chi connectivity index (χ1n) is 6.32. The van der Waals surface area contributed by atoms with Crippen LogP contribution < -0.4 is 0 Å². The van der Waals surface area contributed by atoms with Gasteiger partial charge in [-0.2, -0.15) is 0 Å². The molecule has 0 bridgehead atoms. The predicted octanol–water partition coefficient (Wildman–Crippen LogP) is 2.74. The largest absolute Gasteiger partial charge is 0.460 e. The van der Waals surface area contributed by atoms with E-state index in [0.717, 1.165) is 5.56 Å². The minimum Gasteiger partial charge on any atom is -0.460 e. The fourth-order valence-corrected chi connectivity index (χ4v) is 2.19. The van der Waals surface area contributed by atoms with Gasteiger partial charge in [0.2, 0.25) is 0 Å². The van der Waals surface area contributed by atoms with Crippen molar-refractivity contribution in [2.75, 3.05) is 0 Å². The van der Waals surface area contributed by atoms with E-state index in [1.54, 1.807) is 0 Å². The summed E-state index contributed by atoms with van der Waals surface area (Å²) in [5.41, 5.74) is 0.385. The van der Waals surface area contributed by atoms with Crippen molar-refractivity contribution in [3.8, 4) is 0 Å². The number of hydrogen-bond acceptors (Lipinski definition) is 3. The first-order valence-corrected chi connectivity index (χ1v) is 6.32. The fourth-order valence-electron chi connectivity index (χ4n) is 2.19. The Morgan fingerprint density at radius 2 is 2.00 bits per heavy atom. The number of carbonyl (C=O) groups excluding carboxylic acids is 2. The highest BCUT2D eigenvalue weighted by atomic mass is 16.5. The molecule has 18 heavy (non-hydrogen) atoms. The van der Waals surface area contributed by atoms with Gasteiger partial charge in [0.05, 0.1) is 5.41 Å². The van der Waals surface area contributed by atoms with Crippen molar-refractivity contribution in [3.05, 3.63) is 35.9 Å². The third-order valence-electron chi connectivity index (χ3n) is 3.65. The quantitative estimate of drug-likeness (QED) is 0.750. The summed E-state index contributed by atoms with van der Waals surface area (Å²) in [5.74, 6) is -0.224. The summed E-state index contributed by atoms with van der Waals surface area (Å²) in [7, 11) is 0. The van der Waals surface area contributed by atoms with Crippen LogP contribution in [0.2, 0.25) is 0 Å². The minimum absolute atomic E-state index is 0.134. The summed E-state index contributed by atoms with van der Waals surface area (Å²) in [5, 5.41) is 0. The van der Waals surface area contributed by atoms with E-state index in [2.05, 4.69) is 0 Å². The van der Waals surface area contributed by atoms with E-state index in [1.807, 2.05) is 44.2 Å². The zero-order valence-electron chi connectivity index (χ0n) is 10.8. The molecule has 0 aromatic heterocycles. The molecule has 1 saturated carbocycles. The molecule has 1 aliphatic carbocycles. The molecule has 1 aromatic carbocycles. The van der Waals surface area contributed by atoms with E-state index in [1.165, 1.54) is 0 Å². The van der Waals surface area contributed by atoms with Gasteiger partial charge in [-0.3, -0.25) is 9.59 Å². The number of Topliss-reactive ketones (excluding diaryl/α,β-unsaturated/α-hetero) is 1. The summed E-state index contributed by atoms with van der Waals surface area (Å²) in [6, 6.07) is 9.56. The molecule has 2 unspecified atom stereocenters. The maximum absolute atomic E-state index is 12.0. The second kappa shape index (κ2) is 4.92. The van der Waals surface area contributed by atoms with Crippen LogP contribution in [0.15, 0.2) is 30.3 Å². The zero-order valence-corrected chi connectivity index (χ0v) is 10.8. The van der Waals surface area contributed by atoms with Crippen LogP contribution in [-0.4, -0.2) is 11.8 Å². The number of rotatable bonds is 5. The van der Waals surface area contributed by atoms with Crippen LogP contribution in [0.25, 0.3) is 0 Å². The van der Waals surface area contributed by atoms with E-state index in [4.69, 9.17) is 4.74 Å². The van der Waals surface area contributed by atoms with Gasteiger partial charge in [0.15, 0.2) is 0 Å². The van der Waals surface area contributed by atoms with Crippen LogP contribution in [0.5, 0.6) is 0 Å². The van der Waals surface area contributed by atoms with Crippen LogP contribution in [0, 0.1) is 11.3 Å². The van der Waals surface area contributed by atoms with Crippen LogP contribution in [-0.2, 0) is 20.9 Å². The highest BCUT2D eigenvalue weighted by Crippen LogP contribution is 2.54. The second-order valence-corrected chi connectivity index (χ2v) is 5.06. The van der Waals surface area contributed by atoms with Crippen molar-refractivity contribution in [1.29, 1.82) is 0 Å². The average Bonchev–Trinajstić information content (AvgIpc) is 3.10. The van der Waals surface area contributed by atoms with E-state index in [0.29, 0.717) is 12.8 Å². The molecule has 0 aliphatic heterocycles. The Hall–Kier alpha value is -1.64. The first-order chi connectivity index (χ1) is 8.58. The van der Waals surface area contributed by atoms with Crippen LogP contribution in [0.4, 0.5) is 0 Å². The maximum atomic E-state index is 12.0. The molecule has 96 valence electrons. The SMILES string of the molecule is CCC(=O)C1CC1(C)C(=O)OCc1ccccc1. The molecule has 0 radical (unpaired) electrons. The van der Waals surface area contributed by atoms with Gasteiger partial charge in [-0.1, -0.05) is 37.3 Å². The Labute approximate surface area is 107 Å². The lowest BCUT2D eigenvalue weighted by Crippen LogP contribution is -2.20. The van der Waals surface area contributed by atoms with Gasteiger partial charge in [-0.05, 0) is 18.9 Å². The smallest absolute Gasteiger partial charge is 0.312 e. The first kappa shape index (κ1) is 12.8. The van der Waals surface area contributed by atoms with Gasteiger partial charge in [-0.25, -0.2) is 0 Å². The van der Waals surface area contributed by atoms with E-state index in [-0.39, 0.29) is 24.3 Å². The summed E-state index contributed by atoms with van der Waals surface area (Å²) in [6.07, 6.45) is 1.12. The van der Waals surface area contributed by atoms with Crippen molar-refractivity contribution in [1.82, 2.24) is 0 Å². The Bertz CT molecular complexity index is 452. The topological polar surface area (TPSA) is 43.4 Å². The van der Waals surface area contributed by atoms with Gasteiger partial charge in [0.25, 0.3) is 0 Å². The van der Waals surface area contributed by atoms with E-state index < -0.39 is 5.41 Å². The molecule has 1 aliphatic rings. The van der Waals surface area contributed by atoms with Crippen molar-refractivity contribution in [3.63, 3.8) is 0 Å². The molecule has 2 atom stereocenters. The lowest BCUT2D eigenvalue weighted by molar-refractivity contribution is -0.152. The molecule has 0 amide bonds. The lowest BCUT2D eigenvalue weighted by Gasteiger charge is -2.10. The highest BCUT2D eigenvalue weighted by molar-refractivity contribution is 5.94. The number of ether oxygens (including phenoxy) is 1. The van der Waals surface area contributed by atoms with Gasteiger partial charge in [-0.15, -0.1) is 0 Å². The van der Waals surface area contributed by atoms with Crippen LogP contribution in [0.1, 0.15) is 32.3 Å². The number of hydrogen-bond donors (Lipinski definition) is 0. The van der Waals surface area contributed by atoms with Crippen molar-refractivity contribution < 1.29 is 14.3 Å². The third kappa shape index (κ3) is 2.45. The Balaban J connectivity index is 1.88. The minimum atomic E-state index is -0.581. The van der Waals surface area contributed by atoms with Crippen molar-refractivity contribution in [2.45, 2.75) is 33.3 Å². The maximum Gasteiger partial charge on any atom is 0.312 e. The summed E-state index contributed by atoms with van der Waals surface area (Å²) < 4.78 is 5.29. The van der Waals surface area contributed by atoms with Gasteiger partial charge in [0, 0.05) is 12.3 Å². The summed E-state index contributed by atoms with van der Waals surface area (Å²) in [6.45, 7) is 3.93. The molecule has 1 aromatic rings. The Morgan fingerprint density at radius 3 is 2.61 bits per heavy atom. The number of benzene rings is 1. The second-order valence-electron chi connectivity index (χ2n) is 5.06. The fraction of sp³-hybridized carbons (Fsp3) is 0.467. The average molecular weight is 246 g/mol. The molecule has 0 saturated heterocycles. The Kier molecular flexibility index (Phi) is 3.50. The van der Waals surface area contributed by atoms with Crippen molar-refractivity contribution >= 4 is 11.8 Å². The normalized spacial score (nSPS) is 25.6. The number of esters is 1. The predicted molar refractivity (Wildman–Crippen MR) is 67.8 cm³/mol. The third-order valence-corrected chi connectivity index (χ3v) is 3.65. The lowest BCUT2D eigenvalue weighted by atomic mass is 10.0. The molecule has 0 heterocycles. The zero-order chi connectivity index (χ0) is 13.2. The van der Waals surface area contributed by atoms with Crippen LogP contribution in [0.3, 0.4) is 0 Å². The molecule has 3 nitrogen and oxygen atoms in total. The number of carbonyl (C=O) groups is 2. The molecular weight excluding hydrogens is 228 g/mol. The van der Waals surface area contributed by atoms with Gasteiger partial charge in [0.1, 0.15) is 12.4 Å². The summed E-state index contributed by atoms with van der Waals surface area (Å²) >= 11 is 0. The molecule has 3 heteroatoms. The molecule has 1 fully saturated rings. The number of ketones is 1. The van der Waals surface area contributed by atoms with Crippen molar-refractivity contribution in [2.24, 2.45) is 11.3 Å². The van der Waals surface area contributed by atoms with Crippen LogP contribution >= 0.6 is 0 Å². The molecular formula is C15H18O3. The standard InChI is InChI=1S/C15H18O3/c1-3-13(16)12-9-15(12,2)14(17)18-10-11-7-5-4-6-8-11/h4-8,12H,3,9-10H2,1-2H3. The monoisotopic (exact) mass is 246 g/mol. The molecule has 0 spiro atoms. The van der Waals surface area contributed by atoms with E-state index in [9.17, 15) is 9.59 Å². The Morgan fingerprint density at radius 1 is 1.33 bits per heavy atom. The van der Waals surface area contributed by atoms with E-state index >= 15 is 0 Å². The molecule has 2 rings (SSSR count).